The molecule has 0 spiro atoms. The van der Waals surface area contributed by atoms with Crippen LogP contribution in [0.3, 0.4) is 0 Å². The molecule has 20 heavy (non-hydrogen) atoms. The zero-order chi connectivity index (χ0) is 15.3. The molecule has 1 fully saturated rings. The SMILES string of the molecule is CCCCNC(=O)C1CCC(C)N(S(=O)(=O)N(C)C)C1. The van der Waals surface area contributed by atoms with Crippen molar-refractivity contribution in [1.82, 2.24) is 13.9 Å². The molecule has 7 heteroatoms. The molecule has 1 saturated heterocycles. The van der Waals surface area contributed by atoms with Gasteiger partial charge in [0.1, 0.15) is 0 Å². The van der Waals surface area contributed by atoms with Crippen molar-refractivity contribution < 1.29 is 13.2 Å². The number of nitrogens with one attached hydrogen (secondary N) is 1. The van der Waals surface area contributed by atoms with Crippen molar-refractivity contribution in [3.63, 3.8) is 0 Å². The third-order valence-corrected chi connectivity index (χ3v) is 5.81. The quantitative estimate of drug-likeness (QED) is 0.738. The highest BCUT2D eigenvalue weighted by Crippen LogP contribution is 2.25. The van der Waals surface area contributed by atoms with Gasteiger partial charge >= 0.3 is 0 Å². The Labute approximate surface area is 122 Å². The van der Waals surface area contributed by atoms with E-state index in [1.54, 1.807) is 0 Å². The van der Waals surface area contributed by atoms with Crippen molar-refractivity contribution in [2.75, 3.05) is 27.2 Å². The summed E-state index contributed by atoms with van der Waals surface area (Å²) in [7, 11) is -0.412. The minimum atomic E-state index is -3.45. The third-order valence-electron chi connectivity index (χ3n) is 3.78. The maximum absolute atomic E-state index is 12.2. The van der Waals surface area contributed by atoms with Gasteiger partial charge in [0.2, 0.25) is 5.91 Å². The van der Waals surface area contributed by atoms with Crippen LogP contribution in [0.25, 0.3) is 0 Å². The normalized spacial score (nSPS) is 24.9. The Balaban J connectivity index is 2.69. The van der Waals surface area contributed by atoms with E-state index in [0.29, 0.717) is 6.54 Å². The van der Waals surface area contributed by atoms with Crippen LogP contribution >= 0.6 is 0 Å². The maximum atomic E-state index is 12.2. The number of piperidine rings is 1. The summed E-state index contributed by atoms with van der Waals surface area (Å²) in [5.41, 5.74) is 0. The monoisotopic (exact) mass is 305 g/mol. The average Bonchev–Trinajstić information content (AvgIpc) is 2.38. The molecule has 6 nitrogen and oxygen atoms in total. The predicted octanol–water partition coefficient (Wildman–Crippen LogP) is 0.810. The lowest BCUT2D eigenvalue weighted by Gasteiger charge is -2.37. The summed E-state index contributed by atoms with van der Waals surface area (Å²) in [5.74, 6) is -0.262. The van der Waals surface area contributed by atoms with Crippen LogP contribution in [0, 0.1) is 5.92 Å². The number of rotatable bonds is 6. The van der Waals surface area contributed by atoms with E-state index >= 15 is 0 Å². The molecule has 1 rings (SSSR count). The molecule has 1 aliphatic heterocycles. The van der Waals surface area contributed by atoms with Gasteiger partial charge in [0.15, 0.2) is 0 Å². The van der Waals surface area contributed by atoms with Crippen molar-refractivity contribution in [3.8, 4) is 0 Å². The van der Waals surface area contributed by atoms with Gasteiger partial charge in [-0.1, -0.05) is 13.3 Å². The highest BCUT2D eigenvalue weighted by atomic mass is 32.2. The second kappa shape index (κ2) is 7.38. The summed E-state index contributed by atoms with van der Waals surface area (Å²) in [5, 5.41) is 2.90. The minimum absolute atomic E-state index is 0.0238. The van der Waals surface area contributed by atoms with E-state index in [0.717, 1.165) is 25.7 Å². The molecule has 0 saturated carbocycles. The molecule has 2 unspecified atom stereocenters. The highest BCUT2D eigenvalue weighted by molar-refractivity contribution is 7.86. The van der Waals surface area contributed by atoms with E-state index in [1.807, 2.05) is 6.92 Å². The van der Waals surface area contributed by atoms with E-state index in [-0.39, 0.29) is 24.4 Å². The van der Waals surface area contributed by atoms with Crippen LogP contribution in [-0.4, -0.2) is 56.2 Å². The first kappa shape index (κ1) is 17.4. The molecule has 0 aliphatic carbocycles. The van der Waals surface area contributed by atoms with E-state index in [9.17, 15) is 13.2 Å². The first-order chi connectivity index (χ1) is 9.30. The molecule has 1 aliphatic rings. The molecule has 0 bridgehead atoms. The van der Waals surface area contributed by atoms with Gasteiger partial charge in [0.25, 0.3) is 10.2 Å². The van der Waals surface area contributed by atoms with Crippen molar-refractivity contribution in [2.45, 2.75) is 45.6 Å². The van der Waals surface area contributed by atoms with Crippen molar-refractivity contribution in [3.05, 3.63) is 0 Å². The average molecular weight is 305 g/mol. The summed E-state index contributed by atoms with van der Waals surface area (Å²) >= 11 is 0. The zero-order valence-electron chi connectivity index (χ0n) is 12.9. The van der Waals surface area contributed by atoms with Crippen LogP contribution in [0.1, 0.15) is 39.5 Å². The number of nitrogens with zero attached hydrogens (tertiary/aromatic N) is 2. The van der Waals surface area contributed by atoms with Gasteiger partial charge in [-0.25, -0.2) is 0 Å². The second-order valence-corrected chi connectivity index (χ2v) is 7.72. The lowest BCUT2D eigenvalue weighted by atomic mass is 9.94. The minimum Gasteiger partial charge on any atom is -0.356 e. The van der Waals surface area contributed by atoms with Crippen LogP contribution in [-0.2, 0) is 15.0 Å². The van der Waals surface area contributed by atoms with Gasteiger partial charge in [-0.15, -0.1) is 0 Å². The summed E-state index contributed by atoms with van der Waals surface area (Å²) in [4.78, 5) is 12.1. The summed E-state index contributed by atoms with van der Waals surface area (Å²) < 4.78 is 27.1. The fourth-order valence-electron chi connectivity index (χ4n) is 2.35. The smallest absolute Gasteiger partial charge is 0.281 e. The molecule has 2 atom stereocenters. The molecular formula is C13H27N3O3S. The van der Waals surface area contributed by atoms with E-state index in [2.05, 4.69) is 12.2 Å². The van der Waals surface area contributed by atoms with Gasteiger partial charge in [0, 0.05) is 33.2 Å². The number of hydrogen-bond acceptors (Lipinski definition) is 3. The molecule has 0 aromatic carbocycles. The highest BCUT2D eigenvalue weighted by Gasteiger charge is 2.37. The van der Waals surface area contributed by atoms with Crippen LogP contribution in [0.2, 0.25) is 0 Å². The van der Waals surface area contributed by atoms with Gasteiger partial charge < -0.3 is 5.32 Å². The van der Waals surface area contributed by atoms with E-state index in [1.165, 1.54) is 22.7 Å². The zero-order valence-corrected chi connectivity index (χ0v) is 13.7. The molecule has 1 N–H and O–H groups in total. The first-order valence-corrected chi connectivity index (χ1v) is 8.67. The number of carbonyl (C=O) groups excluding carboxylic acids is 1. The van der Waals surface area contributed by atoms with Gasteiger partial charge in [0.05, 0.1) is 5.92 Å². The Morgan fingerprint density at radius 3 is 2.55 bits per heavy atom. The Hall–Kier alpha value is -0.660. The first-order valence-electron chi connectivity index (χ1n) is 7.27. The predicted molar refractivity (Wildman–Crippen MR) is 79.4 cm³/mol. The van der Waals surface area contributed by atoms with E-state index in [4.69, 9.17) is 0 Å². The molecule has 118 valence electrons. The fraction of sp³-hybridized carbons (Fsp3) is 0.923. The summed E-state index contributed by atoms with van der Waals surface area (Å²) in [6.45, 7) is 4.91. The van der Waals surface area contributed by atoms with Crippen LogP contribution in [0.15, 0.2) is 0 Å². The molecule has 0 aromatic heterocycles. The fourth-order valence-corrected chi connectivity index (χ4v) is 3.70. The number of carbonyl (C=O) groups is 1. The standard InChI is InChI=1S/C13H27N3O3S/c1-5-6-9-14-13(17)12-8-7-11(2)16(10-12)20(18,19)15(3)4/h11-12H,5-10H2,1-4H3,(H,14,17). The molecule has 0 radical (unpaired) electrons. The Morgan fingerprint density at radius 1 is 1.35 bits per heavy atom. The topological polar surface area (TPSA) is 69.7 Å². The van der Waals surface area contributed by atoms with Crippen molar-refractivity contribution in [2.24, 2.45) is 5.92 Å². The Bertz CT molecular complexity index is 423. The molecule has 1 heterocycles. The maximum Gasteiger partial charge on any atom is 0.281 e. The Morgan fingerprint density at radius 2 is 2.00 bits per heavy atom. The van der Waals surface area contributed by atoms with Gasteiger partial charge in [-0.3, -0.25) is 4.79 Å². The van der Waals surface area contributed by atoms with E-state index < -0.39 is 10.2 Å². The van der Waals surface area contributed by atoms with Gasteiger partial charge in [-0.05, 0) is 26.2 Å². The number of unbranched alkanes of at least 4 members (excludes halogenated alkanes) is 1. The van der Waals surface area contributed by atoms with Crippen LogP contribution < -0.4 is 5.32 Å². The summed E-state index contributed by atoms with van der Waals surface area (Å²) in [6, 6.07) is -0.0536. The van der Waals surface area contributed by atoms with Crippen LogP contribution in [0.4, 0.5) is 0 Å². The lowest BCUT2D eigenvalue weighted by molar-refractivity contribution is -0.126. The molecule has 0 aromatic rings. The van der Waals surface area contributed by atoms with Crippen molar-refractivity contribution in [1.29, 1.82) is 0 Å². The second-order valence-electron chi connectivity index (χ2n) is 5.63. The third kappa shape index (κ3) is 4.17. The summed E-state index contributed by atoms with van der Waals surface area (Å²) in [6.07, 6.45) is 3.45. The Kier molecular flexibility index (Phi) is 6.42. The lowest BCUT2D eigenvalue weighted by Crippen LogP contribution is -2.52. The van der Waals surface area contributed by atoms with Crippen LogP contribution in [0.5, 0.6) is 0 Å². The van der Waals surface area contributed by atoms with Crippen molar-refractivity contribution >= 4 is 16.1 Å². The molecule has 1 amide bonds. The number of hydrogen-bond donors (Lipinski definition) is 1. The molecular weight excluding hydrogens is 278 g/mol. The van der Waals surface area contributed by atoms with Gasteiger partial charge in [-0.2, -0.15) is 17.0 Å². The largest absolute Gasteiger partial charge is 0.356 e. The number of amides is 1.